The Morgan fingerprint density at radius 2 is 1.11 bits per heavy atom. The Bertz CT molecular complexity index is 1190. The topological polar surface area (TPSA) is 49.6 Å². The molecule has 0 N–H and O–H groups in total. The van der Waals surface area contributed by atoms with E-state index in [0.29, 0.717) is 4.32 Å². The summed E-state index contributed by atoms with van der Waals surface area (Å²) in [6.07, 6.45) is 0. The van der Waals surface area contributed by atoms with Crippen LogP contribution in [0.5, 0.6) is 0 Å². The van der Waals surface area contributed by atoms with Gasteiger partial charge in [-0.15, -0.1) is 0 Å². The maximum atomic E-state index is 10.6. The van der Waals surface area contributed by atoms with E-state index in [0.717, 1.165) is 31.9 Å². The Morgan fingerprint density at radius 3 is 1.46 bits per heavy atom. The van der Waals surface area contributed by atoms with Gasteiger partial charge in [-0.3, -0.25) is 10.1 Å². The Labute approximate surface area is 236 Å². The van der Waals surface area contributed by atoms with Crippen molar-refractivity contribution in [2.24, 2.45) is 0 Å². The average molecular weight is 632 g/mol. The molecule has 1 aliphatic rings. The van der Waals surface area contributed by atoms with E-state index in [1.807, 2.05) is 4.90 Å². The average Bonchev–Trinajstić information content (AvgIpc) is 2.95. The van der Waals surface area contributed by atoms with E-state index < -0.39 is 24.7 Å². The second-order valence-electron chi connectivity index (χ2n) is 8.49. The summed E-state index contributed by atoms with van der Waals surface area (Å²) in [4.78, 5) is 14.3. The quantitative estimate of drug-likeness (QED) is 0.110. The zero-order valence-electron chi connectivity index (χ0n) is 20.3. The summed E-state index contributed by atoms with van der Waals surface area (Å²) in [5.74, 6) is 0. The molecule has 186 valence electrons. The van der Waals surface area contributed by atoms with E-state index in [4.69, 9.17) is 24.8 Å². The molecule has 5 nitrogen and oxygen atoms in total. The number of hydrogen-bond acceptors (Lipinski definition) is 5. The minimum atomic E-state index is -1.98. The van der Waals surface area contributed by atoms with Gasteiger partial charge in [-0.25, -0.2) is 0 Å². The van der Waals surface area contributed by atoms with Crippen molar-refractivity contribution in [2.45, 2.75) is 0 Å². The van der Waals surface area contributed by atoms with Gasteiger partial charge in [0.1, 0.15) is 0 Å². The van der Waals surface area contributed by atoms with E-state index in [2.05, 4.69) is 95.9 Å². The van der Waals surface area contributed by atoms with Crippen molar-refractivity contribution in [3.05, 3.63) is 125 Å². The molecule has 5 rings (SSSR count). The van der Waals surface area contributed by atoms with Gasteiger partial charge in [0.05, 0.1) is 4.92 Å². The van der Waals surface area contributed by atoms with Crippen molar-refractivity contribution in [3.63, 3.8) is 0 Å². The summed E-state index contributed by atoms with van der Waals surface area (Å²) in [6, 6.07) is 39.5. The molecule has 0 unspecified atom stereocenters. The number of nitrogens with zero attached hydrogens (tertiary/aromatic N) is 3. The molecular weight excluding hydrogens is 605 g/mol. The van der Waals surface area contributed by atoms with E-state index in [9.17, 15) is 10.1 Å². The number of hydrogen-bond donors (Lipinski definition) is 0. The molecule has 37 heavy (non-hydrogen) atoms. The first-order chi connectivity index (χ1) is 18.0. The van der Waals surface area contributed by atoms with Gasteiger partial charge in [0.15, 0.2) is 0 Å². The first kappa shape index (κ1) is 27.0. The van der Waals surface area contributed by atoms with E-state index in [-0.39, 0.29) is 5.69 Å². The standard InChI is InChI=1S/C11H13N3O2S2.3C6H5.Sn/c15-14(16)10-3-1-9(2-4-10)12-5-7-13(8-6-12)11(17)18;3*1-2-4-6-5-3-1;/h1-4H,5-8H2,(H,17,18);3*1-5H;/q;;;;+1/p-1. The van der Waals surface area contributed by atoms with Crippen molar-refractivity contribution in [2.75, 3.05) is 31.1 Å². The zero-order valence-corrected chi connectivity index (χ0v) is 24.8. The van der Waals surface area contributed by atoms with Crippen LogP contribution in [0.25, 0.3) is 0 Å². The van der Waals surface area contributed by atoms with Gasteiger partial charge >= 0.3 is 121 Å². The molecule has 0 amide bonds. The molecule has 1 aliphatic heterocycles. The van der Waals surface area contributed by atoms with Crippen molar-refractivity contribution >= 4 is 71.0 Å². The second-order valence-corrected chi connectivity index (χ2v) is 16.6. The SMILES string of the molecule is O=[N+]([O-])c1ccc(N2CCN(C(=S)[S-])CC2)cc1.c1cc[c]([Sn+]([c]2ccccc2)[c]2ccccc2)cc1. The van der Waals surface area contributed by atoms with Crippen molar-refractivity contribution in [1.82, 2.24) is 4.90 Å². The summed E-state index contributed by atoms with van der Waals surface area (Å²) in [7, 11) is 0. The molecule has 0 atom stereocenters. The number of thiocarbonyl (C=S) groups is 1. The van der Waals surface area contributed by atoms with Gasteiger partial charge in [0.2, 0.25) is 0 Å². The Morgan fingerprint density at radius 1 is 0.703 bits per heavy atom. The third kappa shape index (κ3) is 7.50. The number of anilines is 1. The van der Waals surface area contributed by atoms with Crippen LogP contribution in [0, 0.1) is 10.1 Å². The molecule has 1 saturated heterocycles. The Kier molecular flexibility index (Phi) is 9.87. The molecule has 1 heterocycles. The number of nitro groups is 1. The first-order valence-electron chi connectivity index (χ1n) is 12.0. The first-order valence-corrected chi connectivity index (χ1v) is 17.1. The Balaban J connectivity index is 0.000000173. The molecule has 1 fully saturated rings. The second kappa shape index (κ2) is 13.5. The molecule has 0 aromatic heterocycles. The van der Waals surface area contributed by atoms with Crippen LogP contribution in [0.2, 0.25) is 0 Å². The number of rotatable bonds is 5. The Hall–Kier alpha value is -3.01. The molecular formula is C29H27N3O2S2Sn. The van der Waals surface area contributed by atoms with Crippen LogP contribution in [-0.2, 0) is 12.6 Å². The van der Waals surface area contributed by atoms with E-state index >= 15 is 0 Å². The predicted octanol–water partition coefficient (Wildman–Crippen LogP) is 3.75. The maximum absolute atomic E-state index is 10.6. The summed E-state index contributed by atoms with van der Waals surface area (Å²) >= 11 is 7.95. The van der Waals surface area contributed by atoms with Gasteiger partial charge in [0.25, 0.3) is 5.69 Å². The zero-order chi connectivity index (χ0) is 26.0. The number of piperazine rings is 1. The molecule has 0 aliphatic carbocycles. The molecule has 0 bridgehead atoms. The van der Waals surface area contributed by atoms with Gasteiger partial charge < -0.3 is 34.6 Å². The van der Waals surface area contributed by atoms with Gasteiger partial charge in [-0.2, -0.15) is 0 Å². The number of benzene rings is 4. The van der Waals surface area contributed by atoms with Crippen LogP contribution < -0.4 is 15.6 Å². The van der Waals surface area contributed by atoms with Crippen LogP contribution >= 0.6 is 12.2 Å². The molecule has 0 spiro atoms. The van der Waals surface area contributed by atoms with Crippen LogP contribution in [0.3, 0.4) is 0 Å². The van der Waals surface area contributed by atoms with Crippen LogP contribution in [0.4, 0.5) is 11.4 Å². The number of nitro benzene ring substituents is 1. The van der Waals surface area contributed by atoms with E-state index in [1.54, 1.807) is 12.1 Å². The summed E-state index contributed by atoms with van der Waals surface area (Å²) in [5, 5.41) is 10.6. The molecule has 0 saturated carbocycles. The third-order valence-corrected chi connectivity index (χ3v) is 14.5. The summed E-state index contributed by atoms with van der Waals surface area (Å²) in [6.45, 7) is 3.27. The van der Waals surface area contributed by atoms with Gasteiger partial charge in [-0.1, -0.05) is 4.32 Å². The van der Waals surface area contributed by atoms with Crippen molar-refractivity contribution in [3.8, 4) is 0 Å². The van der Waals surface area contributed by atoms with Crippen LogP contribution in [0.15, 0.2) is 115 Å². The van der Waals surface area contributed by atoms with Crippen molar-refractivity contribution in [1.29, 1.82) is 0 Å². The van der Waals surface area contributed by atoms with Gasteiger partial charge in [0, 0.05) is 44.0 Å². The van der Waals surface area contributed by atoms with E-state index in [1.165, 1.54) is 22.9 Å². The summed E-state index contributed by atoms with van der Waals surface area (Å²) < 4.78 is 5.10. The third-order valence-electron chi connectivity index (χ3n) is 6.15. The fourth-order valence-corrected chi connectivity index (χ4v) is 12.0. The molecule has 0 radical (unpaired) electrons. The molecule has 4 aromatic rings. The normalized spacial score (nSPS) is 12.8. The molecule has 8 heteroatoms. The summed E-state index contributed by atoms with van der Waals surface area (Å²) in [5.41, 5.74) is 1.11. The fourth-order valence-electron chi connectivity index (χ4n) is 4.25. The van der Waals surface area contributed by atoms with Gasteiger partial charge in [-0.05, 0) is 12.1 Å². The fraction of sp³-hybridized carbons (Fsp3) is 0.138. The molecule has 4 aromatic carbocycles. The van der Waals surface area contributed by atoms with Crippen LogP contribution in [-0.4, -0.2) is 60.1 Å². The monoisotopic (exact) mass is 633 g/mol. The minimum absolute atomic E-state index is 0.115. The van der Waals surface area contributed by atoms with Crippen LogP contribution in [0.1, 0.15) is 0 Å². The number of non-ortho nitro benzene ring substituents is 1. The predicted molar refractivity (Wildman–Crippen MR) is 161 cm³/mol. The van der Waals surface area contributed by atoms with Crippen molar-refractivity contribution < 1.29 is 4.92 Å².